The third kappa shape index (κ3) is 5.66. The van der Waals surface area contributed by atoms with Gasteiger partial charge in [0, 0.05) is 20.1 Å². The molecular formula is C22H25FN2O4S2. The number of benzene rings is 2. The number of aryl methyl sites for hydroxylation is 2. The molecule has 9 heteroatoms. The highest BCUT2D eigenvalue weighted by Gasteiger charge is 2.15. The standard InChI is InChI=1S/C22H25FN2O4S2/c1-15-13-19-20(14-16(15)2)30-22(25(19)10-11-29-3)24-21(26)5-4-12-31(27,28)18-8-6-17(23)7-9-18/h6-9,13-14H,4-5,10-12H2,1-3H3. The van der Waals surface area contributed by atoms with Crippen LogP contribution in [0.4, 0.5) is 4.39 Å². The van der Waals surface area contributed by atoms with Crippen molar-refractivity contribution in [2.24, 2.45) is 4.99 Å². The van der Waals surface area contributed by atoms with E-state index >= 15 is 0 Å². The molecule has 1 aromatic heterocycles. The van der Waals surface area contributed by atoms with Gasteiger partial charge in [0.05, 0.1) is 27.5 Å². The van der Waals surface area contributed by atoms with E-state index in [2.05, 4.69) is 17.1 Å². The predicted molar refractivity (Wildman–Crippen MR) is 119 cm³/mol. The SMILES string of the molecule is COCCn1c(=NC(=O)CCCS(=O)(=O)c2ccc(F)cc2)sc2cc(C)c(C)cc21. The van der Waals surface area contributed by atoms with Crippen LogP contribution in [0.3, 0.4) is 0 Å². The van der Waals surface area contributed by atoms with Crippen molar-refractivity contribution < 1.29 is 22.3 Å². The average molecular weight is 465 g/mol. The van der Waals surface area contributed by atoms with Gasteiger partial charge in [-0.3, -0.25) is 4.79 Å². The summed E-state index contributed by atoms with van der Waals surface area (Å²) in [5.74, 6) is -1.07. The van der Waals surface area contributed by atoms with E-state index in [0.717, 1.165) is 33.5 Å². The van der Waals surface area contributed by atoms with Crippen molar-refractivity contribution in [1.29, 1.82) is 0 Å². The van der Waals surface area contributed by atoms with Crippen LogP contribution in [0.5, 0.6) is 0 Å². The van der Waals surface area contributed by atoms with Crippen LogP contribution in [0, 0.1) is 19.7 Å². The summed E-state index contributed by atoms with van der Waals surface area (Å²) in [5.41, 5.74) is 3.31. The number of halogens is 1. The quantitative estimate of drug-likeness (QED) is 0.475. The molecule has 0 spiro atoms. The van der Waals surface area contributed by atoms with Gasteiger partial charge in [-0.1, -0.05) is 11.3 Å². The Labute approximate surface area is 184 Å². The van der Waals surface area contributed by atoms with E-state index in [4.69, 9.17) is 4.74 Å². The Kier molecular flexibility index (Phi) is 7.40. The molecule has 0 bridgehead atoms. The lowest BCUT2D eigenvalue weighted by Crippen LogP contribution is -2.19. The molecule has 0 saturated carbocycles. The van der Waals surface area contributed by atoms with E-state index in [1.165, 1.54) is 23.5 Å². The van der Waals surface area contributed by atoms with Crippen molar-refractivity contribution in [1.82, 2.24) is 4.57 Å². The fraction of sp³-hybridized carbons (Fsp3) is 0.364. The molecule has 6 nitrogen and oxygen atoms in total. The molecule has 2 aromatic carbocycles. The maximum Gasteiger partial charge on any atom is 0.248 e. The topological polar surface area (TPSA) is 77.7 Å². The Balaban J connectivity index is 1.77. The zero-order chi connectivity index (χ0) is 22.6. The number of hydrogen-bond acceptors (Lipinski definition) is 5. The van der Waals surface area contributed by atoms with Crippen LogP contribution in [0.2, 0.25) is 0 Å². The number of fused-ring (bicyclic) bond motifs is 1. The van der Waals surface area contributed by atoms with Gasteiger partial charge in [0.15, 0.2) is 14.6 Å². The fourth-order valence-corrected chi connectivity index (χ4v) is 5.61. The maximum absolute atomic E-state index is 13.0. The Morgan fingerprint density at radius 2 is 1.84 bits per heavy atom. The minimum Gasteiger partial charge on any atom is -0.383 e. The highest BCUT2D eigenvalue weighted by molar-refractivity contribution is 7.91. The monoisotopic (exact) mass is 464 g/mol. The summed E-state index contributed by atoms with van der Waals surface area (Å²) in [6.45, 7) is 5.12. The number of aromatic nitrogens is 1. The zero-order valence-corrected chi connectivity index (χ0v) is 19.4. The number of nitrogens with zero attached hydrogens (tertiary/aromatic N) is 2. The first kappa shape index (κ1) is 23.3. The smallest absolute Gasteiger partial charge is 0.248 e. The van der Waals surface area contributed by atoms with Crippen molar-refractivity contribution >= 4 is 37.3 Å². The number of methoxy groups -OCH3 is 1. The Morgan fingerprint density at radius 3 is 2.52 bits per heavy atom. The molecular weight excluding hydrogens is 439 g/mol. The first-order valence-corrected chi connectivity index (χ1v) is 12.3. The summed E-state index contributed by atoms with van der Waals surface area (Å²) in [4.78, 5) is 17.3. The van der Waals surface area contributed by atoms with Crippen LogP contribution in [0.1, 0.15) is 24.0 Å². The molecule has 0 radical (unpaired) electrons. The minimum absolute atomic E-state index is 0.0109. The van der Waals surface area contributed by atoms with Crippen LogP contribution in [0.25, 0.3) is 10.2 Å². The van der Waals surface area contributed by atoms with Gasteiger partial charge < -0.3 is 9.30 Å². The van der Waals surface area contributed by atoms with Gasteiger partial charge in [0.2, 0.25) is 5.91 Å². The number of sulfone groups is 1. The van der Waals surface area contributed by atoms with Crippen molar-refractivity contribution in [2.45, 2.75) is 38.1 Å². The van der Waals surface area contributed by atoms with Gasteiger partial charge >= 0.3 is 0 Å². The first-order valence-electron chi connectivity index (χ1n) is 9.86. The molecule has 31 heavy (non-hydrogen) atoms. The Bertz CT molecular complexity index is 1260. The third-order valence-electron chi connectivity index (χ3n) is 5.01. The molecule has 0 unspecified atom stereocenters. The molecule has 0 saturated heterocycles. The lowest BCUT2D eigenvalue weighted by atomic mass is 10.1. The molecule has 0 aliphatic rings. The highest BCUT2D eigenvalue weighted by Crippen LogP contribution is 2.22. The van der Waals surface area contributed by atoms with Gasteiger partial charge in [-0.05, 0) is 67.8 Å². The number of amides is 1. The number of hydrogen-bond donors (Lipinski definition) is 0. The molecule has 0 aliphatic carbocycles. The number of carbonyl (C=O) groups excluding carboxylic acids is 1. The number of ether oxygens (including phenoxy) is 1. The summed E-state index contributed by atoms with van der Waals surface area (Å²) in [6, 6.07) is 8.84. The molecule has 3 rings (SSSR count). The van der Waals surface area contributed by atoms with Gasteiger partial charge in [-0.15, -0.1) is 0 Å². The van der Waals surface area contributed by atoms with E-state index in [9.17, 15) is 17.6 Å². The number of thiazole rings is 1. The minimum atomic E-state index is -3.58. The second-order valence-electron chi connectivity index (χ2n) is 7.32. The second kappa shape index (κ2) is 9.84. The largest absolute Gasteiger partial charge is 0.383 e. The van der Waals surface area contributed by atoms with E-state index in [1.54, 1.807) is 7.11 Å². The van der Waals surface area contributed by atoms with Crippen LogP contribution >= 0.6 is 11.3 Å². The van der Waals surface area contributed by atoms with Crippen LogP contribution < -0.4 is 4.80 Å². The van der Waals surface area contributed by atoms with Gasteiger partial charge in [0.25, 0.3) is 0 Å². The van der Waals surface area contributed by atoms with Crippen molar-refractivity contribution in [3.63, 3.8) is 0 Å². The zero-order valence-electron chi connectivity index (χ0n) is 17.7. The number of rotatable bonds is 8. The second-order valence-corrected chi connectivity index (χ2v) is 10.4. The normalized spacial score (nSPS) is 12.6. The van der Waals surface area contributed by atoms with Crippen molar-refractivity contribution in [3.8, 4) is 0 Å². The third-order valence-corrected chi connectivity index (χ3v) is 7.87. The summed E-state index contributed by atoms with van der Waals surface area (Å²) in [6.07, 6.45) is 0.153. The molecule has 0 N–H and O–H groups in total. The molecule has 0 atom stereocenters. The molecule has 166 valence electrons. The fourth-order valence-electron chi connectivity index (χ4n) is 3.14. The first-order chi connectivity index (χ1) is 14.7. The Hall–Kier alpha value is -2.36. The van der Waals surface area contributed by atoms with Crippen LogP contribution in [-0.2, 0) is 25.9 Å². The van der Waals surface area contributed by atoms with Gasteiger partial charge in [0.1, 0.15) is 5.82 Å². The summed E-state index contributed by atoms with van der Waals surface area (Å²) >= 11 is 1.43. The molecule has 0 aliphatic heterocycles. The van der Waals surface area contributed by atoms with Crippen LogP contribution in [-0.4, -0.2) is 38.4 Å². The summed E-state index contributed by atoms with van der Waals surface area (Å²) in [7, 11) is -1.96. The van der Waals surface area contributed by atoms with E-state index in [1.807, 2.05) is 18.4 Å². The van der Waals surface area contributed by atoms with E-state index < -0.39 is 15.7 Å². The van der Waals surface area contributed by atoms with E-state index in [-0.39, 0.29) is 29.4 Å². The maximum atomic E-state index is 13.0. The lowest BCUT2D eigenvalue weighted by molar-refractivity contribution is -0.118. The lowest BCUT2D eigenvalue weighted by Gasteiger charge is -2.06. The van der Waals surface area contributed by atoms with Crippen LogP contribution in [0.15, 0.2) is 46.3 Å². The van der Waals surface area contributed by atoms with Gasteiger partial charge in [-0.2, -0.15) is 4.99 Å². The summed E-state index contributed by atoms with van der Waals surface area (Å²) in [5, 5.41) is 0. The predicted octanol–water partition coefficient (Wildman–Crippen LogP) is 3.79. The highest BCUT2D eigenvalue weighted by atomic mass is 32.2. The average Bonchev–Trinajstić information content (AvgIpc) is 3.02. The van der Waals surface area contributed by atoms with E-state index in [0.29, 0.717) is 18.0 Å². The molecule has 3 aromatic rings. The molecule has 1 heterocycles. The molecule has 0 fully saturated rings. The summed E-state index contributed by atoms with van der Waals surface area (Å²) < 4.78 is 45.9. The van der Waals surface area contributed by atoms with Crippen molar-refractivity contribution in [2.75, 3.05) is 19.5 Å². The Morgan fingerprint density at radius 1 is 1.16 bits per heavy atom. The van der Waals surface area contributed by atoms with Crippen molar-refractivity contribution in [3.05, 3.63) is 58.1 Å². The van der Waals surface area contributed by atoms with Gasteiger partial charge in [-0.25, -0.2) is 12.8 Å². The molecule has 1 amide bonds. The number of carbonyl (C=O) groups is 1.